The lowest BCUT2D eigenvalue weighted by molar-refractivity contribution is 0.475. The largest absolute Gasteiger partial charge is 0.508 e. The lowest BCUT2D eigenvalue weighted by Crippen LogP contribution is -2.07. The maximum Gasteiger partial charge on any atom is 0.158 e. The molecule has 0 heterocycles. The van der Waals surface area contributed by atoms with Gasteiger partial charge in [0.2, 0.25) is 0 Å². The van der Waals surface area contributed by atoms with Gasteiger partial charge in [0, 0.05) is 0 Å². The molecule has 4 heteroatoms. The Morgan fingerprint density at radius 3 is 1.83 bits per heavy atom. The molecule has 0 saturated heterocycles. The van der Waals surface area contributed by atoms with E-state index in [1.54, 1.807) is 24.3 Å². The summed E-state index contributed by atoms with van der Waals surface area (Å²) in [4.78, 5) is 0. The predicted octanol–water partition coefficient (Wildman–Crippen LogP) is 2.51. The highest BCUT2D eigenvalue weighted by Gasteiger charge is 2.12. The lowest BCUT2D eigenvalue weighted by atomic mass is 10.2. The van der Waals surface area contributed by atoms with Crippen LogP contribution in [0.15, 0.2) is 54.6 Å². The fourth-order valence-corrected chi connectivity index (χ4v) is 3.23. The standard InChI is InChI=1S/C14H14O3S/c15-14-8-6-13(7-9-14)11-18(16,17)10-12-4-2-1-3-5-12/h1-9,15H,10-11H2. The van der Waals surface area contributed by atoms with E-state index in [1.165, 1.54) is 12.1 Å². The van der Waals surface area contributed by atoms with Gasteiger partial charge in [0.1, 0.15) is 5.75 Å². The summed E-state index contributed by atoms with van der Waals surface area (Å²) in [7, 11) is -3.18. The van der Waals surface area contributed by atoms with Gasteiger partial charge >= 0.3 is 0 Å². The quantitative estimate of drug-likeness (QED) is 0.921. The van der Waals surface area contributed by atoms with E-state index < -0.39 is 9.84 Å². The van der Waals surface area contributed by atoms with E-state index in [2.05, 4.69) is 0 Å². The van der Waals surface area contributed by atoms with Gasteiger partial charge in [-0.2, -0.15) is 0 Å². The van der Waals surface area contributed by atoms with Gasteiger partial charge in [-0.15, -0.1) is 0 Å². The molecule has 0 fully saturated rings. The number of rotatable bonds is 4. The van der Waals surface area contributed by atoms with Crippen molar-refractivity contribution in [1.29, 1.82) is 0 Å². The Morgan fingerprint density at radius 1 is 0.778 bits per heavy atom. The molecule has 1 N–H and O–H groups in total. The van der Waals surface area contributed by atoms with Crippen molar-refractivity contribution in [2.75, 3.05) is 0 Å². The van der Waals surface area contributed by atoms with Gasteiger partial charge in [0.25, 0.3) is 0 Å². The van der Waals surface area contributed by atoms with Crippen molar-refractivity contribution in [1.82, 2.24) is 0 Å². The third-order valence-electron chi connectivity index (χ3n) is 2.55. The zero-order valence-corrected chi connectivity index (χ0v) is 10.6. The number of aromatic hydroxyl groups is 1. The van der Waals surface area contributed by atoms with Gasteiger partial charge in [-0.1, -0.05) is 42.5 Å². The summed E-state index contributed by atoms with van der Waals surface area (Å²) in [5.41, 5.74) is 1.47. The van der Waals surface area contributed by atoms with Crippen LogP contribution in [0.5, 0.6) is 5.75 Å². The van der Waals surface area contributed by atoms with Crippen LogP contribution in [0.2, 0.25) is 0 Å². The summed E-state index contributed by atoms with van der Waals surface area (Å²) < 4.78 is 24.0. The van der Waals surface area contributed by atoms with E-state index in [9.17, 15) is 8.42 Å². The molecular weight excluding hydrogens is 248 g/mol. The number of phenols is 1. The fourth-order valence-electron chi connectivity index (χ4n) is 1.73. The van der Waals surface area contributed by atoms with Gasteiger partial charge in [-0.3, -0.25) is 0 Å². The summed E-state index contributed by atoms with van der Waals surface area (Å²) in [5.74, 6) is 0.163. The first kappa shape index (κ1) is 12.6. The van der Waals surface area contributed by atoms with Gasteiger partial charge in [-0.05, 0) is 23.3 Å². The Morgan fingerprint density at radius 2 is 1.28 bits per heavy atom. The summed E-state index contributed by atoms with van der Waals surface area (Å²) in [6.45, 7) is 0. The number of phenolic OH excluding ortho intramolecular Hbond substituents is 1. The molecule has 0 aromatic heterocycles. The Labute approximate surface area is 107 Å². The Hall–Kier alpha value is -1.81. The third kappa shape index (κ3) is 3.60. The summed E-state index contributed by atoms with van der Waals surface area (Å²) in [6.07, 6.45) is 0. The van der Waals surface area contributed by atoms with Gasteiger partial charge in [0.05, 0.1) is 11.5 Å². The van der Waals surface area contributed by atoms with Crippen LogP contribution in [-0.2, 0) is 21.3 Å². The normalized spacial score (nSPS) is 11.3. The van der Waals surface area contributed by atoms with Crippen molar-refractivity contribution in [3.05, 3.63) is 65.7 Å². The Bertz CT molecular complexity index is 601. The van der Waals surface area contributed by atoms with Crippen LogP contribution in [0.1, 0.15) is 11.1 Å². The maximum absolute atomic E-state index is 12.0. The molecule has 0 spiro atoms. The van der Waals surface area contributed by atoms with Crippen molar-refractivity contribution in [2.45, 2.75) is 11.5 Å². The van der Waals surface area contributed by atoms with Crippen LogP contribution in [0.4, 0.5) is 0 Å². The topological polar surface area (TPSA) is 54.4 Å². The molecule has 0 unspecified atom stereocenters. The highest BCUT2D eigenvalue weighted by atomic mass is 32.2. The average Bonchev–Trinajstić information content (AvgIpc) is 2.32. The second-order valence-electron chi connectivity index (χ2n) is 4.18. The molecular formula is C14H14O3S. The predicted molar refractivity (Wildman–Crippen MR) is 70.9 cm³/mol. The molecule has 0 bridgehead atoms. The molecule has 0 amide bonds. The first-order valence-electron chi connectivity index (χ1n) is 5.57. The average molecular weight is 262 g/mol. The molecule has 2 aromatic carbocycles. The number of sulfone groups is 1. The molecule has 94 valence electrons. The molecule has 0 aliphatic carbocycles. The van der Waals surface area contributed by atoms with Crippen molar-refractivity contribution in [2.24, 2.45) is 0 Å². The molecule has 0 aliphatic rings. The third-order valence-corrected chi connectivity index (χ3v) is 4.10. The zero-order chi connectivity index (χ0) is 13.0. The van der Waals surface area contributed by atoms with Gasteiger partial charge in [0.15, 0.2) is 9.84 Å². The van der Waals surface area contributed by atoms with E-state index in [0.29, 0.717) is 5.56 Å². The molecule has 0 radical (unpaired) electrons. The monoisotopic (exact) mass is 262 g/mol. The van der Waals surface area contributed by atoms with Crippen LogP contribution in [0.25, 0.3) is 0 Å². The summed E-state index contributed by atoms with van der Waals surface area (Å²) in [5, 5.41) is 9.14. The van der Waals surface area contributed by atoms with Gasteiger partial charge < -0.3 is 5.11 Å². The van der Waals surface area contributed by atoms with Crippen molar-refractivity contribution in [3.63, 3.8) is 0 Å². The molecule has 0 saturated carbocycles. The van der Waals surface area contributed by atoms with E-state index >= 15 is 0 Å². The van der Waals surface area contributed by atoms with Crippen LogP contribution in [0.3, 0.4) is 0 Å². The molecule has 0 atom stereocenters. The van der Waals surface area contributed by atoms with Crippen molar-refractivity contribution >= 4 is 9.84 Å². The first-order valence-corrected chi connectivity index (χ1v) is 7.39. The second kappa shape index (κ2) is 5.23. The first-order chi connectivity index (χ1) is 8.55. The summed E-state index contributed by atoms with van der Waals surface area (Å²) in [6, 6.07) is 15.3. The zero-order valence-electron chi connectivity index (χ0n) is 9.78. The maximum atomic E-state index is 12.0. The van der Waals surface area contributed by atoms with Gasteiger partial charge in [-0.25, -0.2) is 8.42 Å². The van der Waals surface area contributed by atoms with Crippen LogP contribution >= 0.6 is 0 Å². The summed E-state index contributed by atoms with van der Waals surface area (Å²) >= 11 is 0. The molecule has 0 aliphatic heterocycles. The van der Waals surface area contributed by atoms with E-state index in [-0.39, 0.29) is 17.3 Å². The molecule has 18 heavy (non-hydrogen) atoms. The minimum atomic E-state index is -3.18. The molecule has 2 aromatic rings. The van der Waals surface area contributed by atoms with Crippen molar-refractivity contribution < 1.29 is 13.5 Å². The highest BCUT2D eigenvalue weighted by Crippen LogP contribution is 2.15. The Kier molecular flexibility index (Phi) is 3.67. The smallest absolute Gasteiger partial charge is 0.158 e. The lowest BCUT2D eigenvalue weighted by Gasteiger charge is -2.05. The number of benzene rings is 2. The van der Waals surface area contributed by atoms with E-state index in [4.69, 9.17) is 5.11 Å². The Balaban J connectivity index is 2.10. The number of hydrogen-bond acceptors (Lipinski definition) is 3. The molecule has 2 rings (SSSR count). The second-order valence-corrected chi connectivity index (χ2v) is 6.25. The van der Waals surface area contributed by atoms with Crippen molar-refractivity contribution in [3.8, 4) is 5.75 Å². The highest BCUT2D eigenvalue weighted by molar-refractivity contribution is 7.89. The van der Waals surface area contributed by atoms with Crippen LogP contribution in [0, 0.1) is 0 Å². The number of hydrogen-bond donors (Lipinski definition) is 1. The van der Waals surface area contributed by atoms with E-state index in [0.717, 1.165) is 5.56 Å². The molecule has 3 nitrogen and oxygen atoms in total. The van der Waals surface area contributed by atoms with Crippen LogP contribution in [-0.4, -0.2) is 13.5 Å². The minimum Gasteiger partial charge on any atom is -0.508 e. The fraction of sp³-hybridized carbons (Fsp3) is 0.143. The van der Waals surface area contributed by atoms with Crippen LogP contribution < -0.4 is 0 Å². The SMILES string of the molecule is O=S(=O)(Cc1ccccc1)Cc1ccc(O)cc1. The van der Waals surface area contributed by atoms with E-state index in [1.807, 2.05) is 18.2 Å². The minimum absolute atomic E-state index is 0.0117.